The van der Waals surface area contributed by atoms with Crippen LogP contribution in [0.5, 0.6) is 0 Å². The zero-order valence-electron chi connectivity index (χ0n) is 54.7. The van der Waals surface area contributed by atoms with Gasteiger partial charge in [0, 0.05) is 49.9 Å². The standard InChI is InChI=1S/C67H104FN7O15/c1-12-17-18-19-23-26-50(52(78)32-46(36-76)63(86)73-59-43(11)90-65(88)58(40(8)15-4)74-66(89)67(35-48(67)30-42(10)68)75-60(83)41(9)29-54(59)80)71-64(87)49(38(6)13-2)34-53(79)51(27-28-56(69)82)70-62(85)47(37-77)33-55(81)57(39(7)14-3)72-61(84)45(16-5)31-44-24-21-20-22-25-44/h12,20-22,24-25,38-43,45-51,57-59,76-77H,1,13-19,23,26-37H2,2-11H3,(H2,69,82)(H,70,85)(H,71,87)(H,72,84)(H,73,86)(H,74,89)(H,75,83)/t38-,39-,40-,41+,42?,43-,45+,46-,47-,48+,49+,50-,51+,57-,58-,59+,67+/m0/s1. The molecule has 2 aliphatic rings. The second-order valence-electron chi connectivity index (χ2n) is 25.4. The minimum absolute atomic E-state index is 0.0482. The Kier molecular flexibility index (Phi) is 32.9. The number of allylic oxidation sites excluding steroid dienone is 1. The fourth-order valence-electron chi connectivity index (χ4n) is 11.4. The van der Waals surface area contributed by atoms with Crippen LogP contribution in [-0.4, -0.2) is 142 Å². The molecule has 1 aromatic rings. The lowest BCUT2D eigenvalue weighted by molar-refractivity contribution is -0.157. The maximum atomic E-state index is 14.6. The number of aliphatic hydroxyl groups is 2. The first kappa shape index (κ1) is 77.5. The number of hydrogen-bond donors (Lipinski definition) is 9. The highest BCUT2D eigenvalue weighted by molar-refractivity contribution is 6.01. The molecule has 90 heavy (non-hydrogen) atoms. The van der Waals surface area contributed by atoms with Gasteiger partial charge in [-0.05, 0) is 94.4 Å². The average molecular weight is 1270 g/mol. The van der Waals surface area contributed by atoms with Gasteiger partial charge in [-0.3, -0.25) is 52.7 Å². The third-order valence-corrected chi connectivity index (χ3v) is 18.3. The molecule has 1 unspecified atom stereocenters. The van der Waals surface area contributed by atoms with Gasteiger partial charge in [-0.15, -0.1) is 6.58 Å². The molecular weight excluding hydrogens is 1160 g/mol. The molecule has 0 radical (unpaired) electrons. The number of nitrogens with one attached hydrogen (secondary N) is 6. The quantitative estimate of drug-likeness (QED) is 0.0235. The Morgan fingerprint density at radius 2 is 1.33 bits per heavy atom. The van der Waals surface area contributed by atoms with Gasteiger partial charge >= 0.3 is 5.97 Å². The number of carbonyl (C=O) groups excluding carboxylic acids is 12. The normalized spacial score (nSPS) is 23.2. The lowest BCUT2D eigenvalue weighted by atomic mass is 9.84. The first-order valence-corrected chi connectivity index (χ1v) is 32.5. The Labute approximate surface area is 530 Å². The molecule has 7 amide bonds. The largest absolute Gasteiger partial charge is 0.458 e. The summed E-state index contributed by atoms with van der Waals surface area (Å²) in [4.78, 5) is 168. The molecule has 1 aliphatic heterocycles. The van der Waals surface area contributed by atoms with Gasteiger partial charge in [0.15, 0.2) is 23.1 Å². The zero-order chi connectivity index (χ0) is 67.6. The minimum atomic E-state index is -1.63. The molecule has 1 saturated heterocycles. The van der Waals surface area contributed by atoms with Gasteiger partial charge < -0.3 is 52.6 Å². The molecule has 1 heterocycles. The van der Waals surface area contributed by atoms with Crippen molar-refractivity contribution in [2.24, 2.45) is 59.0 Å². The molecule has 10 N–H and O–H groups in total. The number of unbranched alkanes of at least 4 members (excludes halogenated alkanes) is 3. The minimum Gasteiger partial charge on any atom is -0.458 e. The van der Waals surface area contributed by atoms with Crippen LogP contribution in [0.4, 0.5) is 4.39 Å². The number of Topliss-reactive ketones (excluding diaryl/α,β-unsaturated/α-hetero) is 4. The van der Waals surface area contributed by atoms with E-state index < -0.39 is 199 Å². The Bertz CT molecular complexity index is 2620. The summed E-state index contributed by atoms with van der Waals surface area (Å²) < 4.78 is 20.1. The van der Waals surface area contributed by atoms with Gasteiger partial charge in [0.2, 0.25) is 41.4 Å². The number of nitrogens with two attached hydrogens (primary N) is 1. The van der Waals surface area contributed by atoms with E-state index in [0.717, 1.165) is 5.56 Å². The number of cyclic esters (lactones) is 1. The number of hydrogen-bond acceptors (Lipinski definition) is 15. The SMILES string of the molecule is C=CCCCCC[C@H](NC(=O)[C@H](CC(=O)[C@@H](CCC(N)=O)NC(=O)[C@H](CO)CC(=O)[C@@H](NC(=O)[C@H](CC)Cc1ccccc1)[C@@H](C)CC)[C@@H](C)CC)C(=O)C[C@@H](CO)C(=O)N[C@H]1C(=O)C[C@@H](C)C(=O)N[C@@]2(C[C@H]2CC(C)F)C(=O)N[C@@H]([C@@H](C)CC)C(=O)O[C@H]1C. The molecule has 22 nitrogen and oxygen atoms in total. The third kappa shape index (κ3) is 23.5. The first-order valence-electron chi connectivity index (χ1n) is 32.5. The highest BCUT2D eigenvalue weighted by atomic mass is 19.1. The van der Waals surface area contributed by atoms with Gasteiger partial charge in [-0.2, -0.15) is 0 Å². The van der Waals surface area contributed by atoms with Crippen molar-refractivity contribution < 1.29 is 76.9 Å². The number of amides is 7. The van der Waals surface area contributed by atoms with E-state index in [4.69, 9.17) is 10.5 Å². The molecule has 504 valence electrons. The Morgan fingerprint density at radius 1 is 0.744 bits per heavy atom. The number of ketones is 4. The van der Waals surface area contributed by atoms with E-state index in [2.05, 4.69) is 38.5 Å². The Hall–Kier alpha value is -6.75. The number of aliphatic hydroxyl groups excluding tert-OH is 2. The zero-order valence-corrected chi connectivity index (χ0v) is 54.7. The van der Waals surface area contributed by atoms with Crippen molar-refractivity contribution in [3.63, 3.8) is 0 Å². The predicted molar refractivity (Wildman–Crippen MR) is 336 cm³/mol. The topological polar surface area (TPSA) is 353 Å². The molecule has 1 saturated carbocycles. The monoisotopic (exact) mass is 1270 g/mol. The number of ether oxygens (including phenoxy) is 1. The Morgan fingerprint density at radius 3 is 1.91 bits per heavy atom. The van der Waals surface area contributed by atoms with E-state index in [9.17, 15) is 72.1 Å². The maximum Gasteiger partial charge on any atom is 0.329 e. The fourth-order valence-corrected chi connectivity index (χ4v) is 11.4. The highest BCUT2D eigenvalue weighted by Gasteiger charge is 2.62. The van der Waals surface area contributed by atoms with Crippen LogP contribution in [0.1, 0.15) is 184 Å². The number of esters is 1. The summed E-state index contributed by atoms with van der Waals surface area (Å²) in [5, 5.41) is 37.5. The van der Waals surface area contributed by atoms with Crippen LogP contribution in [0, 0.1) is 53.3 Å². The van der Waals surface area contributed by atoms with Crippen LogP contribution < -0.4 is 37.6 Å². The number of carbonyl (C=O) groups is 12. The number of benzene rings is 1. The van der Waals surface area contributed by atoms with E-state index in [-0.39, 0.29) is 43.9 Å². The molecule has 2 fully saturated rings. The molecule has 23 heteroatoms. The molecule has 0 aromatic heterocycles. The molecule has 0 bridgehead atoms. The van der Waals surface area contributed by atoms with Crippen LogP contribution >= 0.6 is 0 Å². The Balaban J connectivity index is 1.89. The van der Waals surface area contributed by atoms with Crippen molar-refractivity contribution in [1.29, 1.82) is 0 Å². The molecule has 3 rings (SSSR count). The first-order chi connectivity index (χ1) is 42.6. The molecule has 17 atom stereocenters. The van der Waals surface area contributed by atoms with E-state index in [0.29, 0.717) is 57.8 Å². The van der Waals surface area contributed by atoms with E-state index in [1.807, 2.05) is 44.2 Å². The summed E-state index contributed by atoms with van der Waals surface area (Å²) in [5.41, 5.74) is 4.91. The van der Waals surface area contributed by atoms with Crippen LogP contribution in [-0.2, 0) is 68.7 Å². The van der Waals surface area contributed by atoms with E-state index >= 15 is 0 Å². The van der Waals surface area contributed by atoms with Gasteiger partial charge in [-0.25, -0.2) is 9.18 Å². The van der Waals surface area contributed by atoms with Crippen molar-refractivity contribution in [1.82, 2.24) is 31.9 Å². The maximum absolute atomic E-state index is 14.6. The summed E-state index contributed by atoms with van der Waals surface area (Å²) in [6.45, 7) is 18.6. The van der Waals surface area contributed by atoms with Crippen molar-refractivity contribution in [3.05, 3.63) is 48.6 Å². The number of alkyl halides is 1. The van der Waals surface area contributed by atoms with Gasteiger partial charge in [-0.1, -0.05) is 124 Å². The average Bonchev–Trinajstić information content (AvgIpc) is 1.58. The second kappa shape index (κ2) is 38.2. The number of halogens is 1. The predicted octanol–water partition coefficient (Wildman–Crippen LogP) is 5.09. The van der Waals surface area contributed by atoms with Crippen molar-refractivity contribution in [2.45, 2.75) is 233 Å². The highest BCUT2D eigenvalue weighted by Crippen LogP contribution is 2.48. The fraction of sp³-hybridized carbons (Fsp3) is 0.701. The number of primary amides is 1. The summed E-state index contributed by atoms with van der Waals surface area (Å²) in [5.74, 6) is -16.4. The molecular formula is C67H104FN7O15. The summed E-state index contributed by atoms with van der Waals surface area (Å²) >= 11 is 0. The van der Waals surface area contributed by atoms with Gasteiger partial charge in [0.1, 0.15) is 23.7 Å². The molecule has 1 aliphatic carbocycles. The lowest BCUT2D eigenvalue weighted by Crippen LogP contribution is -2.57. The summed E-state index contributed by atoms with van der Waals surface area (Å²) in [6.07, 6.45) is 0.749. The smallest absolute Gasteiger partial charge is 0.329 e. The summed E-state index contributed by atoms with van der Waals surface area (Å²) in [6, 6.07) is 2.80. The molecule has 1 aromatic carbocycles. The van der Waals surface area contributed by atoms with E-state index in [1.54, 1.807) is 40.7 Å². The van der Waals surface area contributed by atoms with Crippen molar-refractivity contribution in [3.8, 4) is 0 Å². The van der Waals surface area contributed by atoms with Crippen LogP contribution in [0.3, 0.4) is 0 Å². The second-order valence-corrected chi connectivity index (χ2v) is 25.4. The molecule has 1 spiro atoms. The van der Waals surface area contributed by atoms with Crippen molar-refractivity contribution in [2.75, 3.05) is 13.2 Å². The van der Waals surface area contributed by atoms with Crippen LogP contribution in [0.2, 0.25) is 0 Å². The van der Waals surface area contributed by atoms with Crippen LogP contribution in [0.25, 0.3) is 0 Å². The van der Waals surface area contributed by atoms with Gasteiger partial charge in [0.05, 0.1) is 49.3 Å². The van der Waals surface area contributed by atoms with Gasteiger partial charge in [0.25, 0.3) is 0 Å². The van der Waals surface area contributed by atoms with Crippen LogP contribution in [0.15, 0.2) is 43.0 Å². The summed E-state index contributed by atoms with van der Waals surface area (Å²) in [7, 11) is 0. The van der Waals surface area contributed by atoms with E-state index in [1.165, 1.54) is 20.8 Å². The number of rotatable bonds is 39. The van der Waals surface area contributed by atoms with Crippen molar-refractivity contribution >= 4 is 70.5 Å². The lowest BCUT2D eigenvalue weighted by Gasteiger charge is -2.30. The third-order valence-electron chi connectivity index (χ3n) is 18.3.